The topological polar surface area (TPSA) is 96.0 Å². The predicted octanol–water partition coefficient (Wildman–Crippen LogP) is -1.00. The summed E-state index contributed by atoms with van der Waals surface area (Å²) in [7, 11) is 1.51. The molecule has 0 saturated carbocycles. The van der Waals surface area contributed by atoms with Gasteiger partial charge in [0.1, 0.15) is 6.61 Å². The Morgan fingerprint density at radius 3 is 2.82 bits per heavy atom. The molecule has 7 nitrogen and oxygen atoms in total. The molecule has 7 heteroatoms. The smallest absolute Gasteiger partial charge is 0.276 e. The molecule has 0 aliphatic carbocycles. The Labute approximate surface area is 97.6 Å². The zero-order chi connectivity index (χ0) is 12.4. The highest BCUT2D eigenvalue weighted by atomic mass is 16.5. The minimum absolute atomic E-state index is 0.104. The van der Waals surface area contributed by atoms with Crippen LogP contribution in [0.25, 0.3) is 0 Å². The zero-order valence-electron chi connectivity index (χ0n) is 9.37. The van der Waals surface area contributed by atoms with Crippen molar-refractivity contribution >= 4 is 5.91 Å². The highest BCUT2D eigenvalue weighted by molar-refractivity contribution is 5.92. The van der Waals surface area contributed by atoms with Gasteiger partial charge in [-0.05, 0) is 0 Å². The number of likely N-dealkylation sites (tertiary alicyclic amines) is 1. The van der Waals surface area contributed by atoms with E-state index in [1.165, 1.54) is 18.1 Å². The van der Waals surface area contributed by atoms with Crippen molar-refractivity contribution in [3.8, 4) is 0 Å². The van der Waals surface area contributed by atoms with E-state index in [2.05, 4.69) is 5.16 Å². The molecule has 1 aliphatic heterocycles. The van der Waals surface area contributed by atoms with Gasteiger partial charge in [0.05, 0.1) is 12.2 Å². The summed E-state index contributed by atoms with van der Waals surface area (Å²) >= 11 is 0. The summed E-state index contributed by atoms with van der Waals surface area (Å²) in [6.07, 6.45) is -1.80. The number of amides is 1. The first-order chi connectivity index (χ1) is 8.11. The summed E-state index contributed by atoms with van der Waals surface area (Å²) < 4.78 is 9.73. The van der Waals surface area contributed by atoms with Crippen molar-refractivity contribution in [3.63, 3.8) is 0 Å². The summed E-state index contributed by atoms with van der Waals surface area (Å²) in [6, 6.07) is 1.49. The summed E-state index contributed by atoms with van der Waals surface area (Å²) in [5.41, 5.74) is 0.151. The molecule has 1 aliphatic rings. The zero-order valence-corrected chi connectivity index (χ0v) is 9.37. The average Bonchev–Trinajstić information content (AvgIpc) is 2.87. The maximum atomic E-state index is 11.9. The highest BCUT2D eigenvalue weighted by Gasteiger charge is 2.34. The molecule has 0 spiro atoms. The van der Waals surface area contributed by atoms with Gasteiger partial charge in [-0.2, -0.15) is 0 Å². The van der Waals surface area contributed by atoms with Crippen LogP contribution < -0.4 is 0 Å². The van der Waals surface area contributed by atoms with Crippen LogP contribution in [0.15, 0.2) is 10.6 Å². The van der Waals surface area contributed by atoms with Crippen LogP contribution in [0.4, 0.5) is 0 Å². The molecule has 1 saturated heterocycles. The van der Waals surface area contributed by atoms with Gasteiger partial charge >= 0.3 is 0 Å². The first kappa shape index (κ1) is 12.0. The lowest BCUT2D eigenvalue weighted by Gasteiger charge is -2.12. The number of methoxy groups -OCH3 is 1. The molecular formula is C10H14N2O5. The normalized spacial score (nSPS) is 24.3. The Balaban J connectivity index is 2.04. The van der Waals surface area contributed by atoms with E-state index in [0.29, 0.717) is 5.76 Å². The largest absolute Gasteiger partial charge is 0.388 e. The fraction of sp³-hybridized carbons (Fsp3) is 0.600. The van der Waals surface area contributed by atoms with Crippen LogP contribution in [0.3, 0.4) is 0 Å². The van der Waals surface area contributed by atoms with Gasteiger partial charge in [0.15, 0.2) is 11.5 Å². The number of nitrogens with zero attached hydrogens (tertiary/aromatic N) is 2. The van der Waals surface area contributed by atoms with Gasteiger partial charge in [-0.3, -0.25) is 4.79 Å². The quantitative estimate of drug-likeness (QED) is 0.705. The van der Waals surface area contributed by atoms with Gasteiger partial charge in [0.2, 0.25) is 0 Å². The first-order valence-electron chi connectivity index (χ1n) is 5.21. The number of aliphatic hydroxyl groups excluding tert-OH is 2. The molecule has 94 valence electrons. The second-order valence-corrected chi connectivity index (χ2v) is 3.96. The van der Waals surface area contributed by atoms with Gasteiger partial charge in [-0.1, -0.05) is 5.16 Å². The molecule has 1 aromatic rings. The monoisotopic (exact) mass is 242 g/mol. The van der Waals surface area contributed by atoms with Crippen LogP contribution in [0.1, 0.15) is 16.2 Å². The second kappa shape index (κ2) is 4.82. The molecule has 0 aromatic carbocycles. The van der Waals surface area contributed by atoms with Crippen molar-refractivity contribution in [1.82, 2.24) is 10.1 Å². The van der Waals surface area contributed by atoms with E-state index in [9.17, 15) is 15.0 Å². The van der Waals surface area contributed by atoms with Crippen molar-refractivity contribution in [3.05, 3.63) is 17.5 Å². The fourth-order valence-electron chi connectivity index (χ4n) is 1.72. The summed E-state index contributed by atoms with van der Waals surface area (Å²) in [6.45, 7) is 0.449. The van der Waals surface area contributed by atoms with Crippen LogP contribution in [0.5, 0.6) is 0 Å². The molecule has 0 unspecified atom stereocenters. The number of ether oxygens (including phenoxy) is 1. The molecular weight excluding hydrogens is 228 g/mol. The standard InChI is InChI=1S/C10H14N2O5/c1-16-5-6-2-7(11-17-6)10(15)12-3-8(13)9(14)4-12/h2,8-9,13-14H,3-5H2,1H3/t8-,9+. The lowest BCUT2D eigenvalue weighted by Crippen LogP contribution is -2.30. The van der Waals surface area contributed by atoms with E-state index in [0.717, 1.165) is 0 Å². The molecule has 2 rings (SSSR count). The molecule has 0 bridgehead atoms. The number of aliphatic hydroxyl groups is 2. The van der Waals surface area contributed by atoms with Crippen LogP contribution in [-0.4, -0.2) is 58.6 Å². The maximum Gasteiger partial charge on any atom is 0.276 e. The molecule has 17 heavy (non-hydrogen) atoms. The lowest BCUT2D eigenvalue weighted by molar-refractivity contribution is 0.0572. The third-order valence-corrected chi connectivity index (χ3v) is 2.61. The Kier molecular flexibility index (Phi) is 3.41. The predicted molar refractivity (Wildman–Crippen MR) is 55.1 cm³/mol. The summed E-state index contributed by atoms with van der Waals surface area (Å²) in [5, 5.41) is 22.3. The van der Waals surface area contributed by atoms with Gasteiger partial charge in [-0.25, -0.2) is 0 Å². The minimum Gasteiger partial charge on any atom is -0.388 e. The van der Waals surface area contributed by atoms with Crippen LogP contribution in [0.2, 0.25) is 0 Å². The molecule has 1 fully saturated rings. The SMILES string of the molecule is COCc1cc(C(=O)N2C[C@@H](O)[C@@H](O)C2)no1. The third-order valence-electron chi connectivity index (χ3n) is 2.61. The molecule has 2 atom stereocenters. The van der Waals surface area contributed by atoms with Gasteiger partial charge in [-0.15, -0.1) is 0 Å². The van der Waals surface area contributed by atoms with E-state index in [-0.39, 0.29) is 31.3 Å². The number of rotatable bonds is 3. The lowest BCUT2D eigenvalue weighted by atomic mass is 10.3. The van der Waals surface area contributed by atoms with Gasteiger partial charge < -0.3 is 24.4 Å². The molecule has 1 amide bonds. The Hall–Kier alpha value is -1.44. The van der Waals surface area contributed by atoms with E-state index in [4.69, 9.17) is 9.26 Å². The average molecular weight is 242 g/mol. The van der Waals surface area contributed by atoms with Crippen molar-refractivity contribution in [1.29, 1.82) is 0 Å². The molecule has 2 N–H and O–H groups in total. The van der Waals surface area contributed by atoms with E-state index in [1.54, 1.807) is 0 Å². The molecule has 2 heterocycles. The van der Waals surface area contributed by atoms with E-state index < -0.39 is 12.2 Å². The Morgan fingerprint density at radius 2 is 2.24 bits per heavy atom. The Morgan fingerprint density at radius 1 is 1.59 bits per heavy atom. The van der Waals surface area contributed by atoms with Crippen molar-refractivity contribution in [2.75, 3.05) is 20.2 Å². The van der Waals surface area contributed by atoms with Gasteiger partial charge in [0.25, 0.3) is 5.91 Å². The first-order valence-corrected chi connectivity index (χ1v) is 5.21. The van der Waals surface area contributed by atoms with Crippen LogP contribution in [-0.2, 0) is 11.3 Å². The third kappa shape index (κ3) is 2.46. The summed E-state index contributed by atoms with van der Waals surface area (Å²) in [5.74, 6) is 0.0860. The highest BCUT2D eigenvalue weighted by Crippen LogP contribution is 2.14. The molecule has 0 radical (unpaired) electrons. The number of β-amino-alcohol motifs (C(OH)–C–C–N with tert-alkyl or cyclic N) is 2. The van der Waals surface area contributed by atoms with Crippen LogP contribution >= 0.6 is 0 Å². The number of hydrogen-bond acceptors (Lipinski definition) is 6. The Bertz CT molecular complexity index is 395. The second-order valence-electron chi connectivity index (χ2n) is 3.96. The van der Waals surface area contributed by atoms with Crippen molar-refractivity contribution in [2.45, 2.75) is 18.8 Å². The number of carbonyl (C=O) groups is 1. The number of hydrogen-bond donors (Lipinski definition) is 2. The minimum atomic E-state index is -0.899. The number of aromatic nitrogens is 1. The fourth-order valence-corrected chi connectivity index (χ4v) is 1.72. The number of carbonyl (C=O) groups excluding carboxylic acids is 1. The van der Waals surface area contributed by atoms with E-state index >= 15 is 0 Å². The maximum absolute atomic E-state index is 11.9. The van der Waals surface area contributed by atoms with Gasteiger partial charge in [0, 0.05) is 26.3 Å². The van der Waals surface area contributed by atoms with E-state index in [1.807, 2.05) is 0 Å². The van der Waals surface area contributed by atoms with Crippen molar-refractivity contribution < 1.29 is 24.3 Å². The van der Waals surface area contributed by atoms with Crippen molar-refractivity contribution in [2.24, 2.45) is 0 Å². The molecule has 1 aromatic heterocycles. The summed E-state index contributed by atoms with van der Waals surface area (Å²) in [4.78, 5) is 13.2. The van der Waals surface area contributed by atoms with Crippen LogP contribution in [0, 0.1) is 0 Å².